The fourth-order valence-electron chi connectivity index (χ4n) is 9.94. The van der Waals surface area contributed by atoms with Crippen LogP contribution in [-0.4, -0.2) is 0 Å². The van der Waals surface area contributed by atoms with Crippen LogP contribution in [0.25, 0.3) is 66.4 Å². The van der Waals surface area contributed by atoms with Gasteiger partial charge in [0.1, 0.15) is 5.58 Å². The average molecular weight is 726 g/mol. The minimum Gasteiger partial charge on any atom is -0.454 e. The molecule has 2 heteroatoms. The third kappa shape index (κ3) is 4.53. The van der Waals surface area contributed by atoms with Crippen LogP contribution in [0.5, 0.6) is 0 Å². The Kier molecular flexibility index (Phi) is 6.88. The minimum absolute atomic E-state index is 0.581. The number of benzene rings is 9. The molecule has 0 unspecified atom stereocenters. The number of para-hydroxylation sites is 2. The Morgan fingerprint density at radius 3 is 1.49 bits per heavy atom. The molecule has 10 aromatic rings. The summed E-state index contributed by atoms with van der Waals surface area (Å²) in [5.74, 6) is 0. The van der Waals surface area contributed by atoms with Gasteiger partial charge in [-0.05, 0) is 103 Å². The zero-order chi connectivity index (χ0) is 37.5. The third-order valence-electron chi connectivity index (χ3n) is 12.3. The molecule has 0 atom stereocenters. The zero-order valence-electron chi connectivity index (χ0n) is 31.1. The molecule has 12 rings (SSSR count). The van der Waals surface area contributed by atoms with Gasteiger partial charge in [0.2, 0.25) is 0 Å². The Labute approximate surface area is 331 Å². The van der Waals surface area contributed by atoms with Crippen molar-refractivity contribution >= 4 is 39.0 Å². The van der Waals surface area contributed by atoms with E-state index in [2.05, 4.69) is 211 Å². The highest BCUT2D eigenvalue weighted by Gasteiger charge is 2.49. The standard InChI is InChI=1S/C55H35NO/c1-2-15-36(16-3-1)37-29-31-38(32-30-37)56(52-27-14-23-47-46-22-9-13-28-53(46)57-54(47)52)39-33-34-45-41-18-5-4-17-40(41)42-19-6-10-24-48(42)55(51(45)35-39)49-25-11-7-20-43(49)44-21-8-12-26-50(44)55/h1-35H. The molecule has 266 valence electrons. The summed E-state index contributed by atoms with van der Waals surface area (Å²) >= 11 is 0. The molecule has 9 aromatic carbocycles. The molecule has 2 nitrogen and oxygen atoms in total. The Hall–Kier alpha value is -7.42. The molecule has 57 heavy (non-hydrogen) atoms. The number of fused-ring (bicyclic) bond motifs is 15. The number of hydrogen-bond acceptors (Lipinski definition) is 2. The second kappa shape index (κ2) is 12.3. The molecule has 2 aliphatic rings. The van der Waals surface area contributed by atoms with Gasteiger partial charge in [-0.15, -0.1) is 0 Å². The molecule has 0 bridgehead atoms. The van der Waals surface area contributed by atoms with Crippen LogP contribution < -0.4 is 4.90 Å². The molecule has 0 N–H and O–H groups in total. The van der Waals surface area contributed by atoms with Crippen molar-refractivity contribution in [1.82, 2.24) is 0 Å². The second-order valence-electron chi connectivity index (χ2n) is 15.2. The predicted molar refractivity (Wildman–Crippen MR) is 236 cm³/mol. The zero-order valence-corrected chi connectivity index (χ0v) is 31.1. The molecule has 0 fully saturated rings. The maximum Gasteiger partial charge on any atom is 0.159 e. The van der Waals surface area contributed by atoms with Gasteiger partial charge in [0.15, 0.2) is 5.58 Å². The van der Waals surface area contributed by atoms with Crippen LogP contribution in [0, 0.1) is 0 Å². The van der Waals surface area contributed by atoms with E-state index in [1.54, 1.807) is 0 Å². The van der Waals surface area contributed by atoms with Gasteiger partial charge in [-0.25, -0.2) is 0 Å². The molecule has 0 aliphatic heterocycles. The highest BCUT2D eigenvalue weighted by Crippen LogP contribution is 2.62. The molecule has 0 saturated heterocycles. The van der Waals surface area contributed by atoms with Crippen LogP contribution in [0.2, 0.25) is 0 Å². The van der Waals surface area contributed by atoms with Gasteiger partial charge in [0.05, 0.1) is 11.1 Å². The SMILES string of the molecule is c1ccc(-c2ccc(N(c3ccc4c(c3)C3(c5ccccc5-c5ccccc5-4)c4ccccc4-c4ccccc43)c3cccc4c3oc3ccccc34)cc2)cc1. The van der Waals surface area contributed by atoms with Gasteiger partial charge in [-0.1, -0.05) is 176 Å². The normalized spacial score (nSPS) is 13.1. The predicted octanol–water partition coefficient (Wildman–Crippen LogP) is 14.7. The van der Waals surface area contributed by atoms with Gasteiger partial charge in [-0.2, -0.15) is 0 Å². The van der Waals surface area contributed by atoms with E-state index < -0.39 is 5.41 Å². The molecule has 1 aromatic heterocycles. The van der Waals surface area contributed by atoms with Crippen molar-refractivity contribution in [2.75, 3.05) is 4.90 Å². The minimum atomic E-state index is -0.581. The lowest BCUT2D eigenvalue weighted by Crippen LogP contribution is -2.29. The maximum absolute atomic E-state index is 6.77. The first-order valence-corrected chi connectivity index (χ1v) is 19.7. The first-order chi connectivity index (χ1) is 28.3. The number of anilines is 3. The first-order valence-electron chi connectivity index (χ1n) is 19.7. The van der Waals surface area contributed by atoms with Gasteiger partial charge < -0.3 is 9.32 Å². The fourth-order valence-corrected chi connectivity index (χ4v) is 9.94. The summed E-state index contributed by atoms with van der Waals surface area (Å²) in [5, 5.41) is 2.21. The van der Waals surface area contributed by atoms with Crippen LogP contribution in [0.1, 0.15) is 22.3 Å². The average Bonchev–Trinajstić information content (AvgIpc) is 3.78. The van der Waals surface area contributed by atoms with E-state index >= 15 is 0 Å². The summed E-state index contributed by atoms with van der Waals surface area (Å²) in [5.41, 5.74) is 19.4. The Balaban J connectivity index is 1.19. The lowest BCUT2D eigenvalue weighted by Gasteiger charge is -2.36. The Bertz CT molecular complexity index is 3140. The first kappa shape index (κ1) is 31.9. The van der Waals surface area contributed by atoms with E-state index in [4.69, 9.17) is 4.42 Å². The van der Waals surface area contributed by atoms with E-state index in [0.29, 0.717) is 0 Å². The van der Waals surface area contributed by atoms with Crippen molar-refractivity contribution in [2.24, 2.45) is 0 Å². The monoisotopic (exact) mass is 725 g/mol. The maximum atomic E-state index is 6.77. The highest BCUT2D eigenvalue weighted by atomic mass is 16.3. The van der Waals surface area contributed by atoms with Crippen LogP contribution in [0.4, 0.5) is 17.1 Å². The molecule has 1 heterocycles. The van der Waals surface area contributed by atoms with Crippen LogP contribution in [0.3, 0.4) is 0 Å². The quantitative estimate of drug-likeness (QED) is 0.180. The van der Waals surface area contributed by atoms with Crippen LogP contribution in [-0.2, 0) is 5.41 Å². The van der Waals surface area contributed by atoms with E-state index in [-0.39, 0.29) is 0 Å². The number of hydrogen-bond donors (Lipinski definition) is 0. The lowest BCUT2D eigenvalue weighted by molar-refractivity contribution is 0.669. The summed E-state index contributed by atoms with van der Waals surface area (Å²) < 4.78 is 6.77. The van der Waals surface area contributed by atoms with E-state index in [0.717, 1.165) is 39.0 Å². The summed E-state index contributed by atoms with van der Waals surface area (Å²) in [6.45, 7) is 0. The Morgan fingerprint density at radius 1 is 0.333 bits per heavy atom. The lowest BCUT2D eigenvalue weighted by atomic mass is 9.66. The molecular formula is C55H35NO. The van der Waals surface area contributed by atoms with E-state index in [1.165, 1.54) is 66.8 Å². The molecule has 0 amide bonds. The van der Waals surface area contributed by atoms with Crippen molar-refractivity contribution < 1.29 is 4.42 Å². The summed E-state index contributed by atoms with van der Waals surface area (Å²) in [6.07, 6.45) is 0. The number of nitrogens with zero attached hydrogens (tertiary/aromatic N) is 1. The van der Waals surface area contributed by atoms with Gasteiger partial charge in [0, 0.05) is 22.1 Å². The van der Waals surface area contributed by atoms with Gasteiger partial charge in [0.25, 0.3) is 0 Å². The van der Waals surface area contributed by atoms with Crippen molar-refractivity contribution in [2.45, 2.75) is 5.41 Å². The van der Waals surface area contributed by atoms with Gasteiger partial charge >= 0.3 is 0 Å². The molecular weight excluding hydrogens is 691 g/mol. The van der Waals surface area contributed by atoms with Crippen LogP contribution in [0.15, 0.2) is 217 Å². The summed E-state index contributed by atoms with van der Waals surface area (Å²) in [4.78, 5) is 2.39. The smallest absolute Gasteiger partial charge is 0.159 e. The Morgan fingerprint density at radius 2 is 0.825 bits per heavy atom. The van der Waals surface area contributed by atoms with Gasteiger partial charge in [-0.3, -0.25) is 0 Å². The molecule has 1 spiro atoms. The number of furan rings is 1. The van der Waals surface area contributed by atoms with Crippen molar-refractivity contribution in [3.63, 3.8) is 0 Å². The topological polar surface area (TPSA) is 16.4 Å². The molecule has 0 saturated carbocycles. The molecule has 2 aliphatic carbocycles. The molecule has 0 radical (unpaired) electrons. The van der Waals surface area contributed by atoms with Crippen molar-refractivity contribution in [1.29, 1.82) is 0 Å². The highest BCUT2D eigenvalue weighted by molar-refractivity contribution is 6.10. The fraction of sp³-hybridized carbons (Fsp3) is 0.0182. The van der Waals surface area contributed by atoms with Crippen molar-refractivity contribution in [3.05, 3.63) is 235 Å². The largest absolute Gasteiger partial charge is 0.454 e. The third-order valence-corrected chi connectivity index (χ3v) is 12.3. The van der Waals surface area contributed by atoms with Crippen molar-refractivity contribution in [3.8, 4) is 44.5 Å². The second-order valence-corrected chi connectivity index (χ2v) is 15.2. The van der Waals surface area contributed by atoms with E-state index in [9.17, 15) is 0 Å². The summed E-state index contributed by atoms with van der Waals surface area (Å²) in [6, 6.07) is 77.7. The number of rotatable bonds is 4. The summed E-state index contributed by atoms with van der Waals surface area (Å²) in [7, 11) is 0. The van der Waals surface area contributed by atoms with E-state index in [1.807, 2.05) is 6.07 Å². The van der Waals surface area contributed by atoms with Crippen LogP contribution >= 0.6 is 0 Å².